The molecule has 0 aromatic carbocycles. The summed E-state index contributed by atoms with van der Waals surface area (Å²) in [6.45, 7) is 10.1. The average molecular weight is 262 g/mol. The van der Waals surface area contributed by atoms with E-state index in [2.05, 4.69) is 20.1 Å². The Bertz CT molecular complexity index is 449. The Hall–Kier alpha value is -1.38. The lowest BCUT2D eigenvalue weighted by molar-refractivity contribution is -0.137. The van der Waals surface area contributed by atoms with Gasteiger partial charge in [0.2, 0.25) is 0 Å². The highest BCUT2D eigenvalue weighted by Gasteiger charge is 2.48. The van der Waals surface area contributed by atoms with Crippen molar-refractivity contribution < 1.29 is 14.3 Å². The number of allylic oxidation sites excluding steroid dienone is 1. The third-order valence-corrected chi connectivity index (χ3v) is 5.04. The van der Waals surface area contributed by atoms with Gasteiger partial charge in [-0.2, -0.15) is 0 Å². The molecular formula is C16H22O3. The van der Waals surface area contributed by atoms with E-state index in [-0.39, 0.29) is 23.2 Å². The van der Waals surface area contributed by atoms with Crippen LogP contribution in [0.25, 0.3) is 0 Å². The molecule has 2 aliphatic carbocycles. The number of esters is 1. The van der Waals surface area contributed by atoms with Crippen molar-refractivity contribution in [3.63, 3.8) is 0 Å². The minimum absolute atomic E-state index is 0.119. The average Bonchev–Trinajstić information content (AvgIpc) is 2.41. The van der Waals surface area contributed by atoms with Crippen LogP contribution in [0.3, 0.4) is 0 Å². The van der Waals surface area contributed by atoms with Crippen molar-refractivity contribution in [1.29, 1.82) is 0 Å². The molecular weight excluding hydrogens is 240 g/mol. The van der Waals surface area contributed by atoms with E-state index in [1.165, 1.54) is 7.11 Å². The Morgan fingerprint density at radius 3 is 2.74 bits per heavy atom. The van der Waals surface area contributed by atoms with Crippen molar-refractivity contribution in [2.24, 2.45) is 17.3 Å². The van der Waals surface area contributed by atoms with E-state index < -0.39 is 0 Å². The summed E-state index contributed by atoms with van der Waals surface area (Å²) in [5, 5.41) is 0. The van der Waals surface area contributed by atoms with Crippen LogP contribution in [0.4, 0.5) is 0 Å². The summed E-state index contributed by atoms with van der Waals surface area (Å²) in [6.07, 6.45) is 3.86. The summed E-state index contributed by atoms with van der Waals surface area (Å²) in [5.41, 5.74) is 1.42. The number of ether oxygens (including phenoxy) is 1. The number of carbonyl (C=O) groups is 2. The number of hydrogen-bond donors (Lipinski definition) is 0. The van der Waals surface area contributed by atoms with Gasteiger partial charge in [0.05, 0.1) is 7.11 Å². The van der Waals surface area contributed by atoms with Gasteiger partial charge in [-0.1, -0.05) is 25.7 Å². The van der Waals surface area contributed by atoms with Crippen molar-refractivity contribution in [1.82, 2.24) is 0 Å². The van der Waals surface area contributed by atoms with Crippen LogP contribution in [0, 0.1) is 17.3 Å². The van der Waals surface area contributed by atoms with Gasteiger partial charge < -0.3 is 4.74 Å². The molecule has 2 fully saturated rings. The molecule has 2 rings (SSSR count). The number of fused-ring (bicyclic) bond motifs is 1. The van der Waals surface area contributed by atoms with Crippen LogP contribution in [0.5, 0.6) is 0 Å². The lowest BCUT2D eigenvalue weighted by Crippen LogP contribution is -2.45. The van der Waals surface area contributed by atoms with E-state index >= 15 is 0 Å². The van der Waals surface area contributed by atoms with Crippen molar-refractivity contribution in [2.75, 3.05) is 7.11 Å². The second-order valence-electron chi connectivity index (χ2n) is 6.04. The van der Waals surface area contributed by atoms with Gasteiger partial charge in [-0.05, 0) is 37.5 Å². The smallest absolute Gasteiger partial charge is 0.333 e. The van der Waals surface area contributed by atoms with Gasteiger partial charge in [0.15, 0.2) is 0 Å². The van der Waals surface area contributed by atoms with Crippen LogP contribution in [0.2, 0.25) is 0 Å². The number of Topliss-reactive ketones (excluding diaryl/α,β-unsaturated/α-hetero) is 1. The quantitative estimate of drug-likeness (QED) is 0.436. The highest BCUT2D eigenvalue weighted by Crippen LogP contribution is 2.52. The Labute approximate surface area is 114 Å². The predicted octanol–water partition coefficient (Wildman–Crippen LogP) is 3.06. The Morgan fingerprint density at radius 1 is 1.42 bits per heavy atom. The van der Waals surface area contributed by atoms with Gasteiger partial charge in [-0.25, -0.2) is 4.79 Å². The molecule has 0 aromatic rings. The molecule has 3 atom stereocenters. The molecule has 104 valence electrons. The number of methoxy groups -OCH3 is 1. The predicted molar refractivity (Wildman–Crippen MR) is 73.5 cm³/mol. The monoisotopic (exact) mass is 262 g/mol. The van der Waals surface area contributed by atoms with Gasteiger partial charge in [0, 0.05) is 17.4 Å². The number of hydrogen-bond acceptors (Lipinski definition) is 3. The van der Waals surface area contributed by atoms with E-state index in [9.17, 15) is 9.59 Å². The van der Waals surface area contributed by atoms with Gasteiger partial charge in [0.25, 0.3) is 0 Å². The van der Waals surface area contributed by atoms with Crippen molar-refractivity contribution in [3.8, 4) is 0 Å². The molecule has 2 aliphatic rings. The lowest BCUT2D eigenvalue weighted by Gasteiger charge is -2.47. The molecule has 0 heterocycles. The maximum absolute atomic E-state index is 12.2. The van der Waals surface area contributed by atoms with E-state index in [1.54, 1.807) is 0 Å². The molecule has 0 amide bonds. The van der Waals surface area contributed by atoms with Gasteiger partial charge in [0.1, 0.15) is 5.78 Å². The maximum Gasteiger partial charge on any atom is 0.333 e. The lowest BCUT2D eigenvalue weighted by atomic mass is 9.55. The standard InChI is InChI=1S/C16H22O3/c1-10-5-6-14(17)16(3)8-7-12(9-13(10)16)11(2)15(18)19-4/h12-13H,1-2,5-9H2,3-4H3. The molecule has 0 radical (unpaired) electrons. The first-order valence-electron chi connectivity index (χ1n) is 6.88. The maximum atomic E-state index is 12.2. The third kappa shape index (κ3) is 2.26. The molecule has 0 bridgehead atoms. The topological polar surface area (TPSA) is 43.4 Å². The van der Waals surface area contributed by atoms with E-state index in [1.807, 2.05) is 0 Å². The van der Waals surface area contributed by atoms with Crippen LogP contribution in [0.1, 0.15) is 39.0 Å². The number of ketones is 1. The van der Waals surface area contributed by atoms with Crippen molar-refractivity contribution in [3.05, 3.63) is 24.3 Å². The summed E-state index contributed by atoms with van der Waals surface area (Å²) in [5.74, 6) is 0.329. The summed E-state index contributed by atoms with van der Waals surface area (Å²) >= 11 is 0. The first kappa shape index (κ1) is 14.0. The molecule has 0 spiro atoms. The zero-order chi connectivity index (χ0) is 14.2. The van der Waals surface area contributed by atoms with E-state index in [0.717, 1.165) is 31.3 Å². The zero-order valence-corrected chi connectivity index (χ0v) is 11.8. The number of rotatable bonds is 2. The molecule has 19 heavy (non-hydrogen) atoms. The van der Waals surface area contributed by atoms with Gasteiger partial charge in [-0.15, -0.1) is 0 Å². The summed E-state index contributed by atoms with van der Waals surface area (Å²) in [6, 6.07) is 0. The second-order valence-corrected chi connectivity index (χ2v) is 6.04. The first-order chi connectivity index (χ1) is 8.90. The fourth-order valence-electron chi connectivity index (χ4n) is 3.61. The molecule has 3 unspecified atom stereocenters. The normalized spacial score (nSPS) is 34.6. The molecule has 0 saturated heterocycles. The Balaban J connectivity index is 2.18. The summed E-state index contributed by atoms with van der Waals surface area (Å²) in [4.78, 5) is 23.8. The molecule has 0 aromatic heterocycles. The van der Waals surface area contributed by atoms with E-state index in [4.69, 9.17) is 4.74 Å². The Morgan fingerprint density at radius 2 is 2.11 bits per heavy atom. The third-order valence-electron chi connectivity index (χ3n) is 5.04. The van der Waals surface area contributed by atoms with Crippen LogP contribution in [-0.2, 0) is 14.3 Å². The van der Waals surface area contributed by atoms with Crippen LogP contribution < -0.4 is 0 Å². The largest absolute Gasteiger partial charge is 0.466 e. The highest BCUT2D eigenvalue weighted by atomic mass is 16.5. The summed E-state index contributed by atoms with van der Waals surface area (Å²) in [7, 11) is 1.38. The molecule has 3 heteroatoms. The second kappa shape index (κ2) is 4.95. The Kier molecular flexibility index (Phi) is 3.66. The molecule has 3 nitrogen and oxygen atoms in total. The SMILES string of the molecule is C=C(C(=O)OC)C1CCC2(C)C(=O)CCC(=C)C2C1. The minimum Gasteiger partial charge on any atom is -0.466 e. The highest BCUT2D eigenvalue weighted by molar-refractivity contribution is 5.89. The van der Waals surface area contributed by atoms with Crippen LogP contribution in [-0.4, -0.2) is 18.9 Å². The van der Waals surface area contributed by atoms with Gasteiger partial charge in [-0.3, -0.25) is 4.79 Å². The minimum atomic E-state index is -0.332. The van der Waals surface area contributed by atoms with Gasteiger partial charge >= 0.3 is 5.97 Å². The fourth-order valence-corrected chi connectivity index (χ4v) is 3.61. The number of carbonyl (C=O) groups excluding carboxylic acids is 2. The van der Waals surface area contributed by atoms with Crippen LogP contribution in [0.15, 0.2) is 24.3 Å². The molecule has 2 saturated carbocycles. The van der Waals surface area contributed by atoms with Crippen LogP contribution >= 0.6 is 0 Å². The fraction of sp³-hybridized carbons (Fsp3) is 0.625. The molecule has 0 aliphatic heterocycles. The first-order valence-corrected chi connectivity index (χ1v) is 6.88. The molecule has 0 N–H and O–H groups in total. The van der Waals surface area contributed by atoms with Crippen molar-refractivity contribution in [2.45, 2.75) is 39.0 Å². The summed E-state index contributed by atoms with van der Waals surface area (Å²) < 4.78 is 4.75. The zero-order valence-electron chi connectivity index (χ0n) is 11.8. The van der Waals surface area contributed by atoms with Crippen molar-refractivity contribution >= 4 is 11.8 Å². The van der Waals surface area contributed by atoms with E-state index in [0.29, 0.717) is 17.8 Å².